The van der Waals surface area contributed by atoms with Crippen molar-refractivity contribution >= 4 is 0 Å². The highest BCUT2D eigenvalue weighted by Gasteiger charge is 2.18. The van der Waals surface area contributed by atoms with Crippen molar-refractivity contribution in [3.05, 3.63) is 18.0 Å². The lowest BCUT2D eigenvalue weighted by Crippen LogP contribution is -2.26. The van der Waals surface area contributed by atoms with E-state index in [-0.39, 0.29) is 6.61 Å². The number of aliphatic hydroxyl groups is 1. The Kier molecular flexibility index (Phi) is 5.20. The van der Waals surface area contributed by atoms with Gasteiger partial charge in [-0.3, -0.25) is 4.68 Å². The normalized spacial score (nSPS) is 24.3. The van der Waals surface area contributed by atoms with Crippen molar-refractivity contribution in [3.8, 4) is 0 Å². The number of hydrogen-bond acceptors (Lipinski definition) is 3. The van der Waals surface area contributed by atoms with E-state index in [4.69, 9.17) is 5.11 Å². The topological polar surface area (TPSA) is 50.1 Å². The SMILES string of the molecule is CC1CCCC(CNCc2cnn(CCO)c2)C1. The molecule has 2 atom stereocenters. The lowest BCUT2D eigenvalue weighted by Gasteiger charge is -2.26. The van der Waals surface area contributed by atoms with Crippen molar-refractivity contribution in [2.75, 3.05) is 13.2 Å². The van der Waals surface area contributed by atoms with Gasteiger partial charge in [-0.2, -0.15) is 5.10 Å². The van der Waals surface area contributed by atoms with Gasteiger partial charge in [0.1, 0.15) is 0 Å². The molecule has 1 fully saturated rings. The third kappa shape index (κ3) is 4.10. The molecule has 2 unspecified atom stereocenters. The highest BCUT2D eigenvalue weighted by molar-refractivity contribution is 5.03. The van der Waals surface area contributed by atoms with Crippen LogP contribution in [0.4, 0.5) is 0 Å². The lowest BCUT2D eigenvalue weighted by atomic mass is 9.82. The lowest BCUT2D eigenvalue weighted by molar-refractivity contribution is 0.269. The predicted octanol–water partition coefficient (Wildman–Crippen LogP) is 1.79. The monoisotopic (exact) mass is 251 g/mol. The van der Waals surface area contributed by atoms with Gasteiger partial charge in [-0.15, -0.1) is 0 Å². The van der Waals surface area contributed by atoms with Gasteiger partial charge in [-0.05, 0) is 31.2 Å². The molecule has 0 aliphatic heterocycles. The van der Waals surface area contributed by atoms with E-state index in [9.17, 15) is 0 Å². The van der Waals surface area contributed by atoms with Crippen molar-refractivity contribution < 1.29 is 5.11 Å². The van der Waals surface area contributed by atoms with Gasteiger partial charge in [0.15, 0.2) is 0 Å². The van der Waals surface area contributed by atoms with Gasteiger partial charge in [0.25, 0.3) is 0 Å². The molecule has 2 N–H and O–H groups in total. The Morgan fingerprint density at radius 2 is 2.39 bits per heavy atom. The first-order valence-electron chi connectivity index (χ1n) is 7.11. The fourth-order valence-electron chi connectivity index (χ4n) is 2.89. The van der Waals surface area contributed by atoms with Gasteiger partial charge in [0.05, 0.1) is 19.3 Å². The quantitative estimate of drug-likeness (QED) is 0.810. The molecule has 0 amide bonds. The summed E-state index contributed by atoms with van der Waals surface area (Å²) < 4.78 is 1.79. The zero-order chi connectivity index (χ0) is 12.8. The number of nitrogens with zero attached hydrogens (tertiary/aromatic N) is 2. The fraction of sp³-hybridized carbons (Fsp3) is 0.786. The van der Waals surface area contributed by atoms with E-state index in [0.29, 0.717) is 6.54 Å². The van der Waals surface area contributed by atoms with E-state index >= 15 is 0 Å². The predicted molar refractivity (Wildman–Crippen MR) is 72.1 cm³/mol. The maximum absolute atomic E-state index is 8.82. The Morgan fingerprint density at radius 3 is 3.17 bits per heavy atom. The standard InChI is InChI=1S/C14H25N3O/c1-12-3-2-4-13(7-12)8-15-9-14-10-16-17(11-14)5-6-18/h10-13,15,18H,2-9H2,1H3. The van der Waals surface area contributed by atoms with Gasteiger partial charge < -0.3 is 10.4 Å². The molecule has 18 heavy (non-hydrogen) atoms. The third-order valence-corrected chi connectivity index (χ3v) is 3.82. The fourth-order valence-corrected chi connectivity index (χ4v) is 2.89. The molecule has 4 heteroatoms. The summed E-state index contributed by atoms with van der Waals surface area (Å²) in [5.41, 5.74) is 1.20. The summed E-state index contributed by atoms with van der Waals surface area (Å²) in [5.74, 6) is 1.75. The number of aromatic nitrogens is 2. The summed E-state index contributed by atoms with van der Waals surface area (Å²) in [5, 5.41) is 16.6. The zero-order valence-corrected chi connectivity index (χ0v) is 11.3. The van der Waals surface area contributed by atoms with Crippen molar-refractivity contribution in [2.45, 2.75) is 45.7 Å². The summed E-state index contributed by atoms with van der Waals surface area (Å²) in [4.78, 5) is 0. The second-order valence-corrected chi connectivity index (χ2v) is 5.60. The summed E-state index contributed by atoms with van der Waals surface area (Å²) in [7, 11) is 0. The molecule has 0 saturated heterocycles. The maximum Gasteiger partial charge on any atom is 0.0640 e. The van der Waals surface area contributed by atoms with Gasteiger partial charge >= 0.3 is 0 Å². The van der Waals surface area contributed by atoms with Crippen LogP contribution < -0.4 is 5.32 Å². The van der Waals surface area contributed by atoms with E-state index in [1.807, 2.05) is 12.4 Å². The molecule has 1 aromatic rings. The number of rotatable bonds is 6. The Hall–Kier alpha value is -0.870. The van der Waals surface area contributed by atoms with Crippen LogP contribution in [0, 0.1) is 11.8 Å². The van der Waals surface area contributed by atoms with E-state index in [1.165, 1.54) is 31.2 Å². The number of aliphatic hydroxyl groups excluding tert-OH is 1. The minimum Gasteiger partial charge on any atom is -0.394 e. The Balaban J connectivity index is 1.67. The van der Waals surface area contributed by atoms with Gasteiger partial charge in [0.2, 0.25) is 0 Å². The first kappa shape index (κ1) is 13.6. The second-order valence-electron chi connectivity index (χ2n) is 5.60. The average Bonchev–Trinajstić information content (AvgIpc) is 2.78. The van der Waals surface area contributed by atoms with Crippen LogP contribution in [0.3, 0.4) is 0 Å². The molecule has 2 rings (SSSR count). The molecule has 1 aliphatic rings. The third-order valence-electron chi connectivity index (χ3n) is 3.82. The van der Waals surface area contributed by atoms with Crippen LogP contribution in [-0.4, -0.2) is 28.0 Å². The molecule has 0 radical (unpaired) electrons. The Bertz CT molecular complexity index is 351. The largest absolute Gasteiger partial charge is 0.394 e. The Morgan fingerprint density at radius 1 is 1.50 bits per heavy atom. The minimum atomic E-state index is 0.147. The van der Waals surface area contributed by atoms with E-state index < -0.39 is 0 Å². The molecule has 102 valence electrons. The summed E-state index contributed by atoms with van der Waals surface area (Å²) in [6, 6.07) is 0. The van der Waals surface area contributed by atoms with Crippen LogP contribution in [0.1, 0.15) is 38.2 Å². The van der Waals surface area contributed by atoms with Crippen LogP contribution in [0.2, 0.25) is 0 Å². The van der Waals surface area contributed by atoms with Crippen LogP contribution >= 0.6 is 0 Å². The van der Waals surface area contributed by atoms with Gasteiger partial charge in [-0.1, -0.05) is 19.8 Å². The molecule has 1 saturated carbocycles. The van der Waals surface area contributed by atoms with Crippen molar-refractivity contribution in [1.29, 1.82) is 0 Å². The minimum absolute atomic E-state index is 0.147. The summed E-state index contributed by atoms with van der Waals surface area (Å²) in [6.45, 7) is 5.10. The zero-order valence-electron chi connectivity index (χ0n) is 11.3. The number of hydrogen-bond donors (Lipinski definition) is 2. The van der Waals surface area contributed by atoms with Crippen LogP contribution in [0.5, 0.6) is 0 Å². The average molecular weight is 251 g/mol. The molecule has 1 aromatic heterocycles. The van der Waals surface area contributed by atoms with Crippen LogP contribution in [0.15, 0.2) is 12.4 Å². The molecular weight excluding hydrogens is 226 g/mol. The van der Waals surface area contributed by atoms with Gasteiger partial charge in [-0.25, -0.2) is 0 Å². The summed E-state index contributed by atoms with van der Waals surface area (Å²) in [6.07, 6.45) is 9.43. The summed E-state index contributed by atoms with van der Waals surface area (Å²) >= 11 is 0. The number of nitrogens with one attached hydrogen (secondary N) is 1. The first-order chi connectivity index (χ1) is 8.78. The van der Waals surface area contributed by atoms with E-state index in [0.717, 1.165) is 24.9 Å². The molecule has 1 heterocycles. The van der Waals surface area contributed by atoms with Crippen LogP contribution in [-0.2, 0) is 13.1 Å². The van der Waals surface area contributed by atoms with Gasteiger partial charge in [0, 0.05) is 18.3 Å². The molecule has 0 bridgehead atoms. The highest BCUT2D eigenvalue weighted by Crippen LogP contribution is 2.27. The van der Waals surface area contributed by atoms with E-state index in [2.05, 4.69) is 17.3 Å². The molecule has 1 aliphatic carbocycles. The van der Waals surface area contributed by atoms with Crippen molar-refractivity contribution in [2.24, 2.45) is 11.8 Å². The molecule has 0 aromatic carbocycles. The highest BCUT2D eigenvalue weighted by atomic mass is 16.3. The van der Waals surface area contributed by atoms with E-state index in [1.54, 1.807) is 4.68 Å². The smallest absolute Gasteiger partial charge is 0.0640 e. The Labute approximate surface area is 109 Å². The molecule has 0 spiro atoms. The first-order valence-corrected chi connectivity index (χ1v) is 7.11. The second kappa shape index (κ2) is 6.90. The van der Waals surface area contributed by atoms with Crippen molar-refractivity contribution in [1.82, 2.24) is 15.1 Å². The molecular formula is C14H25N3O. The van der Waals surface area contributed by atoms with Crippen molar-refractivity contribution in [3.63, 3.8) is 0 Å². The molecule has 4 nitrogen and oxygen atoms in total. The van der Waals surface area contributed by atoms with Crippen LogP contribution in [0.25, 0.3) is 0 Å². The maximum atomic E-state index is 8.82.